The normalized spacial score (nSPS) is 14.2. The van der Waals surface area contributed by atoms with Crippen LogP contribution in [-0.4, -0.2) is 24.7 Å². The molecule has 0 radical (unpaired) electrons. The summed E-state index contributed by atoms with van der Waals surface area (Å²) in [6, 6.07) is 7.03. The van der Waals surface area contributed by atoms with Gasteiger partial charge in [0.1, 0.15) is 0 Å². The molecular formula is C13H20N2O3. The van der Waals surface area contributed by atoms with Gasteiger partial charge in [-0.2, -0.15) is 0 Å². The van der Waals surface area contributed by atoms with Crippen molar-refractivity contribution in [1.29, 1.82) is 0 Å². The van der Waals surface area contributed by atoms with Crippen molar-refractivity contribution < 1.29 is 9.66 Å². The molecule has 2 atom stereocenters. The Morgan fingerprint density at radius 2 is 2.22 bits per heavy atom. The Balaban J connectivity index is 2.73. The van der Waals surface area contributed by atoms with Crippen LogP contribution in [0.5, 0.6) is 0 Å². The summed E-state index contributed by atoms with van der Waals surface area (Å²) in [6.45, 7) is 4.71. The van der Waals surface area contributed by atoms with Crippen LogP contribution in [0.1, 0.15) is 31.9 Å². The number of hydrogen-bond donors (Lipinski definition) is 1. The summed E-state index contributed by atoms with van der Waals surface area (Å²) in [7, 11) is 1.67. The van der Waals surface area contributed by atoms with Gasteiger partial charge < -0.3 is 10.1 Å². The minimum atomic E-state index is -0.372. The molecule has 0 saturated carbocycles. The molecule has 5 heteroatoms. The average molecular weight is 252 g/mol. The summed E-state index contributed by atoms with van der Waals surface area (Å²) in [5.74, 6) is 0. The van der Waals surface area contributed by atoms with Crippen LogP contribution in [0.3, 0.4) is 0 Å². The quantitative estimate of drug-likeness (QED) is 0.598. The maximum absolute atomic E-state index is 10.7. The Bertz CT molecular complexity index is 396. The Hall–Kier alpha value is -1.46. The van der Waals surface area contributed by atoms with Crippen molar-refractivity contribution in [3.63, 3.8) is 0 Å². The van der Waals surface area contributed by atoms with Crippen LogP contribution in [-0.2, 0) is 4.74 Å². The van der Waals surface area contributed by atoms with Gasteiger partial charge in [0.05, 0.1) is 11.5 Å². The first-order valence-corrected chi connectivity index (χ1v) is 6.07. The number of benzene rings is 1. The zero-order valence-electron chi connectivity index (χ0n) is 11.1. The third-order valence-corrected chi connectivity index (χ3v) is 2.93. The third-order valence-electron chi connectivity index (χ3n) is 2.93. The highest BCUT2D eigenvalue weighted by Crippen LogP contribution is 2.19. The van der Waals surface area contributed by atoms with Crippen LogP contribution in [0.15, 0.2) is 24.3 Å². The lowest BCUT2D eigenvalue weighted by atomic mass is 10.1. The van der Waals surface area contributed by atoms with Gasteiger partial charge in [0.2, 0.25) is 0 Å². The molecule has 0 aliphatic carbocycles. The van der Waals surface area contributed by atoms with Gasteiger partial charge in [-0.15, -0.1) is 0 Å². The second kappa shape index (κ2) is 7.08. The molecule has 18 heavy (non-hydrogen) atoms. The number of nitrogens with one attached hydrogen (secondary N) is 1. The molecule has 0 saturated heterocycles. The zero-order chi connectivity index (χ0) is 13.5. The summed E-state index contributed by atoms with van der Waals surface area (Å²) >= 11 is 0. The van der Waals surface area contributed by atoms with E-state index in [4.69, 9.17) is 4.74 Å². The molecule has 1 aromatic carbocycles. The lowest BCUT2D eigenvalue weighted by molar-refractivity contribution is -0.384. The number of ether oxygens (including phenoxy) is 1. The van der Waals surface area contributed by atoms with Crippen LogP contribution in [0.25, 0.3) is 0 Å². The number of rotatable bonds is 7. The summed E-state index contributed by atoms with van der Waals surface area (Å²) in [5, 5.41) is 14.1. The van der Waals surface area contributed by atoms with E-state index in [0.29, 0.717) is 6.61 Å². The van der Waals surface area contributed by atoms with E-state index in [1.165, 1.54) is 6.07 Å². The smallest absolute Gasteiger partial charge is 0.269 e. The molecule has 1 N–H and O–H groups in total. The molecule has 0 amide bonds. The largest absolute Gasteiger partial charge is 0.383 e. The molecule has 0 aliphatic rings. The molecule has 0 bridgehead atoms. The van der Waals surface area contributed by atoms with Crippen molar-refractivity contribution >= 4 is 5.69 Å². The van der Waals surface area contributed by atoms with Crippen LogP contribution < -0.4 is 5.32 Å². The molecular weight excluding hydrogens is 232 g/mol. The molecule has 2 unspecified atom stereocenters. The van der Waals surface area contributed by atoms with Crippen LogP contribution in [0.4, 0.5) is 5.69 Å². The molecule has 0 heterocycles. The second-order valence-corrected chi connectivity index (χ2v) is 4.30. The second-order valence-electron chi connectivity index (χ2n) is 4.30. The van der Waals surface area contributed by atoms with E-state index in [2.05, 4.69) is 12.2 Å². The van der Waals surface area contributed by atoms with E-state index in [1.807, 2.05) is 13.0 Å². The highest BCUT2D eigenvalue weighted by molar-refractivity contribution is 5.35. The van der Waals surface area contributed by atoms with Gasteiger partial charge in [-0.25, -0.2) is 0 Å². The summed E-state index contributed by atoms with van der Waals surface area (Å²) in [6.07, 6.45) is 0.951. The lowest BCUT2D eigenvalue weighted by Crippen LogP contribution is -2.34. The molecule has 0 fully saturated rings. The summed E-state index contributed by atoms with van der Waals surface area (Å²) in [4.78, 5) is 10.3. The molecule has 100 valence electrons. The van der Waals surface area contributed by atoms with Crippen LogP contribution in [0, 0.1) is 10.1 Å². The predicted molar refractivity (Wildman–Crippen MR) is 70.6 cm³/mol. The van der Waals surface area contributed by atoms with E-state index in [9.17, 15) is 10.1 Å². The van der Waals surface area contributed by atoms with Gasteiger partial charge >= 0.3 is 0 Å². The molecule has 0 spiro atoms. The Morgan fingerprint density at radius 3 is 2.78 bits per heavy atom. The molecule has 1 aromatic rings. The first kappa shape index (κ1) is 14.6. The minimum Gasteiger partial charge on any atom is -0.383 e. The fourth-order valence-corrected chi connectivity index (χ4v) is 1.84. The molecule has 0 aliphatic heterocycles. The van der Waals surface area contributed by atoms with Crippen molar-refractivity contribution in [1.82, 2.24) is 5.32 Å². The Morgan fingerprint density at radius 1 is 1.50 bits per heavy atom. The van der Waals surface area contributed by atoms with Crippen molar-refractivity contribution in [2.75, 3.05) is 13.7 Å². The monoisotopic (exact) mass is 252 g/mol. The van der Waals surface area contributed by atoms with E-state index >= 15 is 0 Å². The van der Waals surface area contributed by atoms with E-state index in [-0.39, 0.29) is 22.7 Å². The van der Waals surface area contributed by atoms with E-state index in [0.717, 1.165) is 12.0 Å². The van der Waals surface area contributed by atoms with Crippen molar-refractivity contribution in [2.45, 2.75) is 32.4 Å². The minimum absolute atomic E-state index is 0.0602. The summed E-state index contributed by atoms with van der Waals surface area (Å²) in [5.41, 5.74) is 1.04. The van der Waals surface area contributed by atoms with Gasteiger partial charge in [-0.05, 0) is 18.9 Å². The maximum Gasteiger partial charge on any atom is 0.269 e. The fourth-order valence-electron chi connectivity index (χ4n) is 1.84. The number of non-ortho nitro benzene ring substituents is 1. The highest BCUT2D eigenvalue weighted by Gasteiger charge is 2.14. The number of nitrogens with zero attached hydrogens (tertiary/aromatic N) is 1. The molecule has 5 nitrogen and oxygen atoms in total. The van der Waals surface area contributed by atoms with Gasteiger partial charge in [0.25, 0.3) is 5.69 Å². The predicted octanol–water partition coefficient (Wildman–Crippen LogP) is 2.67. The Kier molecular flexibility index (Phi) is 5.74. The van der Waals surface area contributed by atoms with E-state index < -0.39 is 0 Å². The van der Waals surface area contributed by atoms with Crippen LogP contribution in [0.2, 0.25) is 0 Å². The van der Waals surface area contributed by atoms with Gasteiger partial charge in [-0.3, -0.25) is 10.1 Å². The number of methoxy groups -OCH3 is 1. The first-order valence-electron chi connectivity index (χ1n) is 6.07. The lowest BCUT2D eigenvalue weighted by Gasteiger charge is -2.21. The molecule has 1 rings (SSSR count). The SMILES string of the molecule is CCC(COC)NC(C)c1cccc([N+](=O)[O-])c1. The van der Waals surface area contributed by atoms with Crippen molar-refractivity contribution in [3.8, 4) is 0 Å². The van der Waals surface area contributed by atoms with Crippen molar-refractivity contribution in [2.24, 2.45) is 0 Å². The standard InChI is InChI=1S/C13H20N2O3/c1-4-12(9-18-3)14-10(2)11-6-5-7-13(8-11)15(16)17/h5-8,10,12,14H,4,9H2,1-3H3. The topological polar surface area (TPSA) is 64.4 Å². The average Bonchev–Trinajstić information content (AvgIpc) is 2.38. The number of hydrogen-bond acceptors (Lipinski definition) is 4. The van der Waals surface area contributed by atoms with Crippen LogP contribution >= 0.6 is 0 Å². The van der Waals surface area contributed by atoms with Gasteiger partial charge in [-0.1, -0.05) is 19.1 Å². The first-order chi connectivity index (χ1) is 8.58. The Labute approximate surface area is 107 Å². The maximum atomic E-state index is 10.7. The van der Waals surface area contributed by atoms with Gasteiger partial charge in [0, 0.05) is 31.3 Å². The number of nitro groups is 1. The summed E-state index contributed by atoms with van der Waals surface area (Å²) < 4.78 is 5.12. The third kappa shape index (κ3) is 4.09. The fraction of sp³-hybridized carbons (Fsp3) is 0.538. The molecule has 0 aromatic heterocycles. The van der Waals surface area contributed by atoms with Gasteiger partial charge in [0.15, 0.2) is 0 Å². The van der Waals surface area contributed by atoms with E-state index in [1.54, 1.807) is 19.2 Å². The highest BCUT2D eigenvalue weighted by atomic mass is 16.6. The van der Waals surface area contributed by atoms with Crippen molar-refractivity contribution in [3.05, 3.63) is 39.9 Å². The zero-order valence-corrected chi connectivity index (χ0v) is 11.1. The number of nitro benzene ring substituents is 1.